The third-order valence-corrected chi connectivity index (χ3v) is 2.87. The molecule has 1 aromatic heterocycles. The molecule has 2 rings (SSSR count). The Hall–Kier alpha value is -1.81. The molecule has 0 saturated heterocycles. The summed E-state index contributed by atoms with van der Waals surface area (Å²) in [6.07, 6.45) is 1.76. The van der Waals surface area contributed by atoms with E-state index in [0.29, 0.717) is 12.2 Å². The second-order valence-electron chi connectivity index (χ2n) is 3.88. The van der Waals surface area contributed by atoms with E-state index >= 15 is 0 Å². The van der Waals surface area contributed by atoms with Gasteiger partial charge in [-0.15, -0.1) is 0 Å². The molecule has 1 aromatic carbocycles. The highest BCUT2D eigenvalue weighted by Crippen LogP contribution is 2.28. The van der Waals surface area contributed by atoms with Crippen molar-refractivity contribution in [2.45, 2.75) is 6.92 Å². The lowest BCUT2D eigenvalue weighted by atomic mass is 10.1. The number of pyridine rings is 1. The standard InChI is InChI=1S/C13H17N3O/c1-2-16(8-9-17)12-6-7-15-13-10(12)4-3-5-11(13)14/h3-7,17H,2,8-9,14H2,1H3. The van der Waals surface area contributed by atoms with Gasteiger partial charge in [0.2, 0.25) is 0 Å². The minimum atomic E-state index is 0.139. The van der Waals surface area contributed by atoms with Gasteiger partial charge in [-0.25, -0.2) is 0 Å². The van der Waals surface area contributed by atoms with Gasteiger partial charge in [0.25, 0.3) is 0 Å². The number of nitrogens with two attached hydrogens (primary N) is 1. The lowest BCUT2D eigenvalue weighted by Crippen LogP contribution is -2.26. The predicted octanol–water partition coefficient (Wildman–Crippen LogP) is 1.64. The minimum Gasteiger partial charge on any atom is -0.397 e. The van der Waals surface area contributed by atoms with E-state index in [1.54, 1.807) is 6.20 Å². The van der Waals surface area contributed by atoms with Crippen LogP contribution in [0.3, 0.4) is 0 Å². The summed E-state index contributed by atoms with van der Waals surface area (Å²) in [4.78, 5) is 6.42. The van der Waals surface area contributed by atoms with Crippen LogP contribution in [0.5, 0.6) is 0 Å². The van der Waals surface area contributed by atoms with Gasteiger partial charge < -0.3 is 15.7 Å². The molecule has 0 radical (unpaired) electrons. The van der Waals surface area contributed by atoms with E-state index in [1.165, 1.54) is 0 Å². The molecule has 4 nitrogen and oxygen atoms in total. The first-order chi connectivity index (χ1) is 8.27. The van der Waals surface area contributed by atoms with Gasteiger partial charge in [0, 0.05) is 30.4 Å². The Balaban J connectivity index is 2.57. The molecule has 0 aliphatic carbocycles. The monoisotopic (exact) mass is 231 g/mol. The fourth-order valence-corrected chi connectivity index (χ4v) is 2.03. The van der Waals surface area contributed by atoms with E-state index in [0.717, 1.165) is 23.1 Å². The number of rotatable bonds is 4. The molecule has 0 bridgehead atoms. The van der Waals surface area contributed by atoms with Crippen LogP contribution < -0.4 is 10.6 Å². The Morgan fingerprint density at radius 1 is 1.35 bits per heavy atom. The summed E-state index contributed by atoms with van der Waals surface area (Å²) in [6.45, 7) is 3.66. The maximum Gasteiger partial charge on any atom is 0.0951 e. The van der Waals surface area contributed by atoms with Crippen LogP contribution >= 0.6 is 0 Å². The third-order valence-electron chi connectivity index (χ3n) is 2.87. The lowest BCUT2D eigenvalue weighted by Gasteiger charge is -2.23. The van der Waals surface area contributed by atoms with E-state index in [4.69, 9.17) is 10.8 Å². The summed E-state index contributed by atoms with van der Waals surface area (Å²) in [5.41, 5.74) is 8.48. The van der Waals surface area contributed by atoms with Crippen molar-refractivity contribution in [1.82, 2.24) is 4.98 Å². The molecule has 90 valence electrons. The van der Waals surface area contributed by atoms with Crippen LogP contribution in [0.4, 0.5) is 11.4 Å². The molecule has 4 heteroatoms. The lowest BCUT2D eigenvalue weighted by molar-refractivity contribution is 0.302. The highest BCUT2D eigenvalue weighted by molar-refractivity contribution is 5.97. The van der Waals surface area contributed by atoms with Crippen LogP contribution in [0.15, 0.2) is 30.5 Å². The van der Waals surface area contributed by atoms with Crippen molar-refractivity contribution in [3.63, 3.8) is 0 Å². The summed E-state index contributed by atoms with van der Waals surface area (Å²) < 4.78 is 0. The van der Waals surface area contributed by atoms with Gasteiger partial charge in [-0.1, -0.05) is 12.1 Å². The molecule has 0 amide bonds. The molecule has 0 aliphatic rings. The molecule has 0 atom stereocenters. The van der Waals surface area contributed by atoms with Crippen LogP contribution in [0, 0.1) is 0 Å². The fourth-order valence-electron chi connectivity index (χ4n) is 2.03. The molecule has 1 heterocycles. The first kappa shape index (κ1) is 11.7. The number of fused-ring (bicyclic) bond motifs is 1. The molecule has 0 fully saturated rings. The van der Waals surface area contributed by atoms with Crippen molar-refractivity contribution in [1.29, 1.82) is 0 Å². The number of nitrogens with zero attached hydrogens (tertiary/aromatic N) is 2. The Bertz CT molecular complexity index is 513. The second kappa shape index (κ2) is 5.01. The summed E-state index contributed by atoms with van der Waals surface area (Å²) >= 11 is 0. The van der Waals surface area contributed by atoms with Crippen molar-refractivity contribution < 1.29 is 5.11 Å². The van der Waals surface area contributed by atoms with E-state index in [9.17, 15) is 0 Å². The number of hydrogen-bond donors (Lipinski definition) is 2. The van der Waals surface area contributed by atoms with Crippen molar-refractivity contribution in [3.8, 4) is 0 Å². The van der Waals surface area contributed by atoms with Crippen LogP contribution in [0.2, 0.25) is 0 Å². The SMILES string of the molecule is CCN(CCO)c1ccnc2c(N)cccc12. The maximum absolute atomic E-state index is 9.07. The summed E-state index contributed by atoms with van der Waals surface area (Å²) in [5, 5.41) is 10.1. The zero-order chi connectivity index (χ0) is 12.3. The van der Waals surface area contributed by atoms with Gasteiger partial charge in [0.15, 0.2) is 0 Å². The Labute approximate surface area is 101 Å². The van der Waals surface area contributed by atoms with Crippen LogP contribution in [0.1, 0.15) is 6.92 Å². The van der Waals surface area contributed by atoms with Crippen molar-refractivity contribution in [3.05, 3.63) is 30.5 Å². The molecule has 17 heavy (non-hydrogen) atoms. The zero-order valence-corrected chi connectivity index (χ0v) is 9.93. The molecular weight excluding hydrogens is 214 g/mol. The number of likely N-dealkylation sites (N-methyl/N-ethyl adjacent to an activating group) is 1. The summed E-state index contributed by atoms with van der Waals surface area (Å²) in [5.74, 6) is 0. The van der Waals surface area contributed by atoms with Gasteiger partial charge in [-0.05, 0) is 19.1 Å². The number of nitrogen functional groups attached to an aromatic ring is 1. The Morgan fingerprint density at radius 2 is 2.18 bits per heavy atom. The largest absolute Gasteiger partial charge is 0.397 e. The molecule has 0 aliphatic heterocycles. The molecule has 0 saturated carbocycles. The van der Waals surface area contributed by atoms with Gasteiger partial charge in [0.05, 0.1) is 17.8 Å². The van der Waals surface area contributed by atoms with Gasteiger partial charge in [-0.3, -0.25) is 4.98 Å². The van der Waals surface area contributed by atoms with Crippen molar-refractivity contribution in [2.24, 2.45) is 0 Å². The van der Waals surface area contributed by atoms with Crippen molar-refractivity contribution >= 4 is 22.3 Å². The molecule has 0 spiro atoms. The summed E-state index contributed by atoms with van der Waals surface area (Å²) in [7, 11) is 0. The average molecular weight is 231 g/mol. The maximum atomic E-state index is 9.07. The van der Waals surface area contributed by atoms with Crippen molar-refractivity contribution in [2.75, 3.05) is 30.3 Å². The molecular formula is C13H17N3O. The van der Waals surface area contributed by atoms with E-state index in [1.807, 2.05) is 24.3 Å². The number of benzene rings is 1. The molecule has 3 N–H and O–H groups in total. The van der Waals surface area contributed by atoms with Gasteiger partial charge in [-0.2, -0.15) is 0 Å². The average Bonchev–Trinajstić information content (AvgIpc) is 2.36. The van der Waals surface area contributed by atoms with Gasteiger partial charge >= 0.3 is 0 Å². The normalized spacial score (nSPS) is 10.7. The van der Waals surface area contributed by atoms with E-state index in [2.05, 4.69) is 16.8 Å². The number of hydrogen-bond acceptors (Lipinski definition) is 4. The van der Waals surface area contributed by atoms with Crippen LogP contribution in [-0.4, -0.2) is 29.8 Å². The quantitative estimate of drug-likeness (QED) is 0.785. The number of aromatic nitrogens is 1. The zero-order valence-electron chi connectivity index (χ0n) is 9.93. The second-order valence-corrected chi connectivity index (χ2v) is 3.88. The van der Waals surface area contributed by atoms with E-state index < -0.39 is 0 Å². The predicted molar refractivity (Wildman–Crippen MR) is 71.1 cm³/mol. The number of para-hydroxylation sites is 1. The molecule has 2 aromatic rings. The number of aliphatic hydroxyl groups excluding tert-OH is 1. The molecule has 0 unspecified atom stereocenters. The Morgan fingerprint density at radius 3 is 2.88 bits per heavy atom. The third kappa shape index (κ3) is 2.17. The van der Waals surface area contributed by atoms with E-state index in [-0.39, 0.29) is 6.61 Å². The van der Waals surface area contributed by atoms with Crippen LogP contribution in [-0.2, 0) is 0 Å². The minimum absolute atomic E-state index is 0.139. The smallest absolute Gasteiger partial charge is 0.0951 e. The fraction of sp³-hybridized carbons (Fsp3) is 0.308. The number of aliphatic hydroxyl groups is 1. The first-order valence-corrected chi connectivity index (χ1v) is 5.77. The summed E-state index contributed by atoms with van der Waals surface area (Å²) in [6, 6.07) is 7.74. The highest BCUT2D eigenvalue weighted by atomic mass is 16.3. The number of anilines is 2. The topological polar surface area (TPSA) is 62.4 Å². The Kier molecular flexibility index (Phi) is 3.44. The highest BCUT2D eigenvalue weighted by Gasteiger charge is 2.09. The van der Waals surface area contributed by atoms with Crippen LogP contribution in [0.25, 0.3) is 10.9 Å². The van der Waals surface area contributed by atoms with Gasteiger partial charge in [0.1, 0.15) is 0 Å². The first-order valence-electron chi connectivity index (χ1n) is 5.77.